The molecule has 82 valence electrons. The Bertz CT molecular complexity index is 605. The van der Waals surface area contributed by atoms with Crippen LogP contribution in [0.2, 0.25) is 0 Å². The van der Waals surface area contributed by atoms with E-state index in [0.29, 0.717) is 35.1 Å². The predicted molar refractivity (Wildman–Crippen MR) is 63.3 cm³/mol. The summed E-state index contributed by atoms with van der Waals surface area (Å²) >= 11 is 0. The molecule has 3 aliphatic rings. The van der Waals surface area contributed by atoms with Crippen molar-refractivity contribution >= 4 is 11.6 Å². The zero-order valence-electron chi connectivity index (χ0n) is 9.25. The van der Waals surface area contributed by atoms with Gasteiger partial charge in [-0.05, 0) is 42.5 Å². The van der Waals surface area contributed by atoms with E-state index in [9.17, 15) is 9.59 Å². The van der Waals surface area contributed by atoms with Gasteiger partial charge in [-0.1, -0.05) is 12.2 Å². The number of fused-ring (bicyclic) bond motifs is 2. The van der Waals surface area contributed by atoms with E-state index in [1.54, 1.807) is 0 Å². The lowest BCUT2D eigenvalue weighted by molar-refractivity contribution is 0.0970. The molecular formula is C15H10O2. The zero-order chi connectivity index (χ0) is 11.6. The van der Waals surface area contributed by atoms with Crippen LogP contribution in [0.5, 0.6) is 0 Å². The standard InChI is InChI=1S/C15H10O2/c16-14-10-3-1-2-4-11(10)15(17)13-7-9-5-8(9)6-12(13)14/h1-2,6-7H,3-5H2. The molecule has 1 aromatic rings. The quantitative estimate of drug-likeness (QED) is 0.642. The normalized spacial score (nSPS) is 20.0. The van der Waals surface area contributed by atoms with E-state index in [1.165, 1.54) is 11.1 Å². The summed E-state index contributed by atoms with van der Waals surface area (Å²) in [7, 11) is 0. The predicted octanol–water partition coefficient (Wildman–Crippen LogP) is 2.62. The van der Waals surface area contributed by atoms with Crippen molar-refractivity contribution < 1.29 is 9.59 Å². The Labute approximate surface area is 98.6 Å². The average molecular weight is 222 g/mol. The Kier molecular flexibility index (Phi) is 1.52. The molecule has 2 nitrogen and oxygen atoms in total. The number of carbonyl (C=O) groups excluding carboxylic acids is 2. The molecule has 0 radical (unpaired) electrons. The summed E-state index contributed by atoms with van der Waals surface area (Å²) in [6.07, 6.45) is 6.11. The highest BCUT2D eigenvalue weighted by Gasteiger charge is 2.34. The molecular weight excluding hydrogens is 212 g/mol. The summed E-state index contributed by atoms with van der Waals surface area (Å²) in [5, 5.41) is 0. The zero-order valence-corrected chi connectivity index (χ0v) is 9.25. The number of rotatable bonds is 0. The lowest BCUT2D eigenvalue weighted by Crippen LogP contribution is -2.22. The molecule has 0 amide bonds. The van der Waals surface area contributed by atoms with Gasteiger partial charge in [-0.3, -0.25) is 9.59 Å². The van der Waals surface area contributed by atoms with E-state index >= 15 is 0 Å². The first kappa shape index (κ1) is 9.11. The number of Topliss-reactive ketones (excluding diaryl/α,β-unsaturated/α-hetero) is 2. The Balaban J connectivity index is 1.97. The first-order valence-corrected chi connectivity index (χ1v) is 5.88. The van der Waals surface area contributed by atoms with Crippen LogP contribution in [0.25, 0.3) is 0 Å². The minimum atomic E-state index is 0.0636. The minimum Gasteiger partial charge on any atom is -0.289 e. The largest absolute Gasteiger partial charge is 0.289 e. The highest BCUT2D eigenvalue weighted by atomic mass is 16.1. The monoisotopic (exact) mass is 222 g/mol. The molecule has 4 rings (SSSR count). The number of hydrogen-bond acceptors (Lipinski definition) is 2. The molecule has 0 aromatic heterocycles. The van der Waals surface area contributed by atoms with Gasteiger partial charge >= 0.3 is 0 Å². The molecule has 0 atom stereocenters. The van der Waals surface area contributed by atoms with Crippen molar-refractivity contribution in [3.05, 3.63) is 57.7 Å². The lowest BCUT2D eigenvalue weighted by Gasteiger charge is -2.21. The molecule has 1 aromatic carbocycles. The van der Waals surface area contributed by atoms with Gasteiger partial charge in [0, 0.05) is 22.3 Å². The summed E-state index contributed by atoms with van der Waals surface area (Å²) in [6, 6.07) is 3.82. The number of benzene rings is 1. The Morgan fingerprint density at radius 3 is 1.71 bits per heavy atom. The number of allylic oxidation sites excluding steroid dienone is 4. The van der Waals surface area contributed by atoms with Crippen molar-refractivity contribution in [1.82, 2.24) is 0 Å². The smallest absolute Gasteiger partial charge is 0.190 e. The Morgan fingerprint density at radius 2 is 1.24 bits per heavy atom. The first-order valence-electron chi connectivity index (χ1n) is 5.88. The highest BCUT2D eigenvalue weighted by Crippen LogP contribution is 2.38. The molecule has 0 saturated carbocycles. The molecule has 0 saturated heterocycles. The van der Waals surface area contributed by atoms with E-state index in [0.717, 1.165) is 6.42 Å². The molecule has 3 aliphatic carbocycles. The Morgan fingerprint density at radius 1 is 0.765 bits per heavy atom. The van der Waals surface area contributed by atoms with E-state index in [-0.39, 0.29) is 11.6 Å². The SMILES string of the molecule is O=C1C2=C(CC=CC2)C(=O)c2cc3c(cc21)C3. The number of ketones is 2. The van der Waals surface area contributed by atoms with Crippen LogP contribution in [0, 0.1) is 0 Å². The van der Waals surface area contributed by atoms with Gasteiger partial charge in [-0.25, -0.2) is 0 Å². The summed E-state index contributed by atoms with van der Waals surface area (Å²) in [6.45, 7) is 0. The molecule has 0 spiro atoms. The third-order valence-corrected chi connectivity index (χ3v) is 3.81. The van der Waals surface area contributed by atoms with Gasteiger partial charge in [0.1, 0.15) is 0 Å². The van der Waals surface area contributed by atoms with Gasteiger partial charge < -0.3 is 0 Å². The third kappa shape index (κ3) is 1.10. The molecule has 2 heteroatoms. The maximum atomic E-state index is 12.3. The van der Waals surface area contributed by atoms with Crippen molar-refractivity contribution in [2.75, 3.05) is 0 Å². The summed E-state index contributed by atoms with van der Waals surface area (Å²) in [5.41, 5.74) is 5.12. The second-order valence-corrected chi connectivity index (χ2v) is 4.84. The van der Waals surface area contributed by atoms with Crippen LogP contribution in [-0.2, 0) is 6.42 Å². The maximum absolute atomic E-state index is 12.3. The van der Waals surface area contributed by atoms with Crippen LogP contribution in [0.3, 0.4) is 0 Å². The fourth-order valence-corrected chi connectivity index (χ4v) is 2.76. The molecule has 0 heterocycles. The number of carbonyl (C=O) groups is 2. The highest BCUT2D eigenvalue weighted by molar-refractivity contribution is 6.27. The van der Waals surface area contributed by atoms with E-state index in [4.69, 9.17) is 0 Å². The van der Waals surface area contributed by atoms with Crippen LogP contribution in [0.4, 0.5) is 0 Å². The minimum absolute atomic E-state index is 0.0636. The van der Waals surface area contributed by atoms with E-state index in [2.05, 4.69) is 0 Å². The van der Waals surface area contributed by atoms with Gasteiger partial charge in [0.15, 0.2) is 11.6 Å². The van der Waals surface area contributed by atoms with Crippen molar-refractivity contribution in [2.45, 2.75) is 19.3 Å². The van der Waals surface area contributed by atoms with Gasteiger partial charge in [0.2, 0.25) is 0 Å². The third-order valence-electron chi connectivity index (χ3n) is 3.81. The molecule has 0 N–H and O–H groups in total. The van der Waals surface area contributed by atoms with Crippen molar-refractivity contribution in [3.8, 4) is 0 Å². The topological polar surface area (TPSA) is 34.1 Å². The fraction of sp³-hybridized carbons (Fsp3) is 0.200. The summed E-state index contributed by atoms with van der Waals surface area (Å²) < 4.78 is 0. The lowest BCUT2D eigenvalue weighted by atomic mass is 9.80. The second kappa shape index (κ2) is 2.83. The van der Waals surface area contributed by atoms with Gasteiger partial charge in [-0.15, -0.1) is 0 Å². The summed E-state index contributed by atoms with van der Waals surface area (Å²) in [4.78, 5) is 24.7. The van der Waals surface area contributed by atoms with E-state index in [1.807, 2.05) is 24.3 Å². The fourth-order valence-electron chi connectivity index (χ4n) is 2.76. The van der Waals surface area contributed by atoms with Crippen molar-refractivity contribution in [1.29, 1.82) is 0 Å². The Hall–Kier alpha value is -1.96. The molecule has 0 unspecified atom stereocenters. The van der Waals surface area contributed by atoms with Crippen LogP contribution in [0.1, 0.15) is 44.7 Å². The van der Waals surface area contributed by atoms with Gasteiger partial charge in [-0.2, -0.15) is 0 Å². The molecule has 0 aliphatic heterocycles. The first-order chi connectivity index (χ1) is 8.25. The molecule has 17 heavy (non-hydrogen) atoms. The summed E-state index contributed by atoms with van der Waals surface area (Å²) in [5.74, 6) is 0.127. The van der Waals surface area contributed by atoms with Crippen LogP contribution >= 0.6 is 0 Å². The maximum Gasteiger partial charge on any atom is 0.190 e. The van der Waals surface area contributed by atoms with Crippen molar-refractivity contribution in [2.24, 2.45) is 0 Å². The van der Waals surface area contributed by atoms with Gasteiger partial charge in [0.25, 0.3) is 0 Å². The van der Waals surface area contributed by atoms with E-state index < -0.39 is 0 Å². The van der Waals surface area contributed by atoms with Crippen LogP contribution in [-0.4, -0.2) is 11.6 Å². The number of hydrogen-bond donors (Lipinski definition) is 0. The van der Waals surface area contributed by atoms with Crippen LogP contribution in [0.15, 0.2) is 35.4 Å². The average Bonchev–Trinajstić information content (AvgIpc) is 3.12. The van der Waals surface area contributed by atoms with Crippen molar-refractivity contribution in [3.63, 3.8) is 0 Å². The second-order valence-electron chi connectivity index (χ2n) is 4.84. The molecule has 0 fully saturated rings. The van der Waals surface area contributed by atoms with Gasteiger partial charge in [0.05, 0.1) is 0 Å². The molecule has 0 bridgehead atoms. The van der Waals surface area contributed by atoms with Crippen LogP contribution < -0.4 is 0 Å².